The Morgan fingerprint density at radius 3 is 2.24 bits per heavy atom. The maximum atomic E-state index is 14.3. The number of carbonyl (C=O) groups is 2. The Labute approximate surface area is 216 Å². The van der Waals surface area contributed by atoms with Gasteiger partial charge < -0.3 is 15.3 Å². The highest BCUT2D eigenvalue weighted by molar-refractivity contribution is 7.93. The number of nitrogens with zero attached hydrogens (tertiary/aromatic N) is 2. The molecular weight excluding hydrogens is 571 g/mol. The smallest absolute Gasteiger partial charge is 0.439 e. The molecular formula is C22H19ClF7N3O4S. The maximum absolute atomic E-state index is 14.3. The number of nitrogens with one attached hydrogen (secondary N) is 1. The summed E-state index contributed by atoms with van der Waals surface area (Å²) in [7, 11) is -3.78. The van der Waals surface area contributed by atoms with Crippen LogP contribution in [0.1, 0.15) is 28.8 Å². The summed E-state index contributed by atoms with van der Waals surface area (Å²) < 4.78 is 110. The summed E-state index contributed by atoms with van der Waals surface area (Å²) in [5.41, 5.74) is -2.23. The number of piperidine rings is 1. The number of carboxylic acid groups (broad SMARTS) is 1. The molecule has 0 spiro atoms. The fourth-order valence-corrected chi connectivity index (χ4v) is 5.38. The highest BCUT2D eigenvalue weighted by Crippen LogP contribution is 2.41. The molecule has 0 aliphatic carbocycles. The number of alkyl halides is 6. The summed E-state index contributed by atoms with van der Waals surface area (Å²) in [4.78, 5) is 24.5. The van der Waals surface area contributed by atoms with E-state index in [1.54, 1.807) is 0 Å². The van der Waals surface area contributed by atoms with Crippen molar-refractivity contribution >= 4 is 44.7 Å². The lowest BCUT2D eigenvalue weighted by Crippen LogP contribution is -2.40. The Bertz CT molecular complexity index is 1380. The van der Waals surface area contributed by atoms with Crippen LogP contribution in [-0.2, 0) is 15.9 Å². The van der Waals surface area contributed by atoms with E-state index in [1.165, 1.54) is 4.90 Å². The highest BCUT2D eigenvalue weighted by Gasteiger charge is 2.42. The van der Waals surface area contributed by atoms with Gasteiger partial charge in [0.1, 0.15) is 5.82 Å². The molecule has 0 saturated carbocycles. The van der Waals surface area contributed by atoms with Crippen molar-refractivity contribution in [3.63, 3.8) is 0 Å². The monoisotopic (exact) mass is 589 g/mol. The molecule has 16 heteroatoms. The number of rotatable bonds is 4. The molecule has 1 aliphatic heterocycles. The summed E-state index contributed by atoms with van der Waals surface area (Å²) in [6, 6.07) is 3.94. The first-order chi connectivity index (χ1) is 17.4. The third-order valence-electron chi connectivity index (χ3n) is 5.78. The molecule has 1 fully saturated rings. The highest BCUT2D eigenvalue weighted by atomic mass is 35.5. The van der Waals surface area contributed by atoms with E-state index in [0.717, 1.165) is 30.5 Å². The van der Waals surface area contributed by atoms with Crippen LogP contribution in [0.4, 0.5) is 46.9 Å². The van der Waals surface area contributed by atoms with Crippen LogP contribution in [-0.4, -0.2) is 46.8 Å². The zero-order valence-electron chi connectivity index (χ0n) is 19.3. The normalized spacial score (nSPS) is 16.6. The number of hydrogen-bond donors (Lipinski definition) is 2. The summed E-state index contributed by atoms with van der Waals surface area (Å²) in [5.74, 6) is -3.79. The van der Waals surface area contributed by atoms with Crippen LogP contribution < -0.4 is 10.2 Å². The van der Waals surface area contributed by atoms with Gasteiger partial charge in [-0.2, -0.15) is 26.3 Å². The number of hydrogen-bond acceptors (Lipinski definition) is 4. The molecule has 0 aromatic heterocycles. The molecule has 208 valence electrons. The van der Waals surface area contributed by atoms with Crippen molar-refractivity contribution in [2.75, 3.05) is 29.6 Å². The Morgan fingerprint density at radius 1 is 1.11 bits per heavy atom. The molecule has 1 atom stereocenters. The molecule has 2 aromatic carbocycles. The number of amides is 2. The van der Waals surface area contributed by atoms with Crippen LogP contribution in [0, 0.1) is 11.7 Å². The van der Waals surface area contributed by atoms with E-state index >= 15 is 0 Å². The summed E-state index contributed by atoms with van der Waals surface area (Å²) in [6.07, 6.45) is -11.2. The summed E-state index contributed by atoms with van der Waals surface area (Å²) >= 11 is 5.79. The SMILES string of the molecule is CS(=O)(=NC(=O)O)c1cc(NC(=O)c2cc(Cl)c(C(F)(F)F)cc2N2CCC(C(F)(F)F)CC2)ccc1F. The standard InChI is InChI=1S/C22H19ClF7N3O4S/c1-38(37,32-20(35)36)18-8-12(2-3-16(18)24)31-19(34)13-9-15(23)14(22(28,29)30)10-17(13)33-6-4-11(5-7-33)21(25,26)27/h2-3,8-11H,4-7H2,1H3,(H,31,34)(H,35,36). The Hall–Kier alpha value is -3.07. The molecule has 2 amide bonds. The molecule has 1 aliphatic rings. The second kappa shape index (κ2) is 10.6. The van der Waals surface area contributed by atoms with Gasteiger partial charge in [-0.3, -0.25) is 4.79 Å². The minimum absolute atomic E-state index is 0.209. The van der Waals surface area contributed by atoms with Crippen molar-refractivity contribution in [2.24, 2.45) is 10.3 Å². The molecule has 2 aromatic rings. The molecule has 0 radical (unpaired) electrons. The van der Waals surface area contributed by atoms with Crippen molar-refractivity contribution in [3.8, 4) is 0 Å². The van der Waals surface area contributed by atoms with Gasteiger partial charge in [0.25, 0.3) is 5.91 Å². The largest absolute Gasteiger partial charge is 0.463 e. The first kappa shape index (κ1) is 29.5. The van der Waals surface area contributed by atoms with Gasteiger partial charge in [-0.05, 0) is 43.2 Å². The Balaban J connectivity index is 2.02. The molecule has 1 unspecified atom stereocenters. The topological polar surface area (TPSA) is 99.1 Å². The summed E-state index contributed by atoms with van der Waals surface area (Å²) in [5, 5.41) is 10.2. The predicted molar refractivity (Wildman–Crippen MR) is 125 cm³/mol. The van der Waals surface area contributed by atoms with Crippen molar-refractivity contribution in [3.05, 3.63) is 52.3 Å². The molecule has 3 rings (SSSR count). The second-order valence-electron chi connectivity index (χ2n) is 8.43. The van der Waals surface area contributed by atoms with Crippen molar-refractivity contribution in [1.29, 1.82) is 0 Å². The van der Waals surface area contributed by atoms with Crippen molar-refractivity contribution in [2.45, 2.75) is 30.1 Å². The van der Waals surface area contributed by atoms with Crippen LogP contribution in [0.25, 0.3) is 0 Å². The molecule has 2 N–H and O–H groups in total. The molecule has 38 heavy (non-hydrogen) atoms. The van der Waals surface area contributed by atoms with E-state index in [0.29, 0.717) is 6.07 Å². The van der Waals surface area contributed by atoms with Crippen LogP contribution in [0.5, 0.6) is 0 Å². The number of halogens is 8. The van der Waals surface area contributed by atoms with Crippen LogP contribution in [0.3, 0.4) is 0 Å². The molecule has 1 heterocycles. The summed E-state index contributed by atoms with van der Waals surface area (Å²) in [6.45, 7) is -0.586. The average Bonchev–Trinajstić information content (AvgIpc) is 2.78. The molecule has 1 saturated heterocycles. The average molecular weight is 590 g/mol. The fourth-order valence-electron chi connectivity index (χ4n) is 3.94. The van der Waals surface area contributed by atoms with E-state index < -0.39 is 79.7 Å². The van der Waals surface area contributed by atoms with Gasteiger partial charge in [0.2, 0.25) is 0 Å². The lowest BCUT2D eigenvalue weighted by Gasteiger charge is -2.35. The molecule has 7 nitrogen and oxygen atoms in total. The van der Waals surface area contributed by atoms with E-state index in [2.05, 4.69) is 9.68 Å². The lowest BCUT2D eigenvalue weighted by atomic mass is 9.95. The van der Waals surface area contributed by atoms with Gasteiger partial charge in [0.15, 0.2) is 0 Å². The van der Waals surface area contributed by atoms with Gasteiger partial charge in [-0.15, -0.1) is 4.36 Å². The fraction of sp³-hybridized carbons (Fsp3) is 0.364. The van der Waals surface area contributed by atoms with Crippen LogP contribution in [0.2, 0.25) is 5.02 Å². The van der Waals surface area contributed by atoms with Gasteiger partial charge in [0, 0.05) is 25.0 Å². The van der Waals surface area contributed by atoms with E-state index in [9.17, 15) is 44.5 Å². The van der Waals surface area contributed by atoms with E-state index in [-0.39, 0.29) is 24.5 Å². The quantitative estimate of drug-likeness (QED) is 0.389. The molecule has 0 bridgehead atoms. The van der Waals surface area contributed by atoms with Crippen molar-refractivity contribution < 1.29 is 49.6 Å². The first-order valence-corrected chi connectivity index (χ1v) is 13.0. The maximum Gasteiger partial charge on any atom is 0.439 e. The second-order valence-corrected chi connectivity index (χ2v) is 11.1. The minimum atomic E-state index is -4.92. The minimum Gasteiger partial charge on any atom is -0.463 e. The predicted octanol–water partition coefficient (Wildman–Crippen LogP) is 6.66. The van der Waals surface area contributed by atoms with Gasteiger partial charge in [0.05, 0.1) is 42.4 Å². The number of carbonyl (C=O) groups excluding carboxylic acids is 1. The third kappa shape index (κ3) is 6.67. The van der Waals surface area contributed by atoms with Crippen LogP contribution >= 0.6 is 11.6 Å². The van der Waals surface area contributed by atoms with E-state index in [4.69, 9.17) is 16.7 Å². The Morgan fingerprint density at radius 2 is 1.71 bits per heavy atom. The Kier molecular flexibility index (Phi) is 8.22. The zero-order chi connectivity index (χ0) is 28.6. The number of anilines is 2. The van der Waals surface area contributed by atoms with Gasteiger partial charge in [-0.1, -0.05) is 11.6 Å². The number of benzene rings is 2. The van der Waals surface area contributed by atoms with Crippen molar-refractivity contribution in [1.82, 2.24) is 0 Å². The lowest BCUT2D eigenvalue weighted by molar-refractivity contribution is -0.179. The zero-order valence-corrected chi connectivity index (χ0v) is 20.9. The van der Waals surface area contributed by atoms with Crippen LogP contribution in [0.15, 0.2) is 39.6 Å². The van der Waals surface area contributed by atoms with Gasteiger partial charge in [-0.25, -0.2) is 13.4 Å². The first-order valence-electron chi connectivity index (χ1n) is 10.7. The van der Waals surface area contributed by atoms with Gasteiger partial charge >= 0.3 is 18.4 Å². The third-order valence-corrected chi connectivity index (χ3v) is 7.73. The van der Waals surface area contributed by atoms with E-state index in [1.807, 2.05) is 0 Å².